The Morgan fingerprint density at radius 1 is 1.29 bits per heavy atom. The summed E-state index contributed by atoms with van der Waals surface area (Å²) in [7, 11) is 4.24. The molecular formula is C18H30N2O. The predicted octanol–water partition coefficient (Wildman–Crippen LogP) is 3.71. The number of aromatic nitrogens is 1. The molecule has 1 aliphatic rings. The molecule has 0 N–H and O–H groups in total. The Morgan fingerprint density at radius 2 is 1.90 bits per heavy atom. The van der Waals surface area contributed by atoms with Crippen LogP contribution in [0.4, 0.5) is 0 Å². The molecule has 0 saturated heterocycles. The second-order valence-electron chi connectivity index (χ2n) is 8.03. The second kappa shape index (κ2) is 5.60. The van der Waals surface area contributed by atoms with Crippen LogP contribution >= 0.6 is 0 Å². The third-order valence-electron chi connectivity index (χ3n) is 4.57. The van der Waals surface area contributed by atoms with Crippen LogP contribution in [-0.4, -0.2) is 35.9 Å². The molecule has 2 rings (SSSR count). The lowest BCUT2D eigenvalue weighted by atomic mass is 9.76. The van der Waals surface area contributed by atoms with Gasteiger partial charge in [-0.05, 0) is 44.8 Å². The molecule has 1 aromatic rings. The molecule has 1 unspecified atom stereocenters. The number of aryl methyl sites for hydroxylation is 1. The highest BCUT2D eigenvalue weighted by Gasteiger charge is 2.35. The molecule has 0 fully saturated rings. The molecule has 3 nitrogen and oxygen atoms in total. The maximum Gasteiger partial charge on any atom is 0.165 e. The Labute approximate surface area is 129 Å². The lowest BCUT2D eigenvalue weighted by Crippen LogP contribution is -2.33. The van der Waals surface area contributed by atoms with Crippen molar-refractivity contribution in [3.63, 3.8) is 0 Å². The first-order valence-corrected chi connectivity index (χ1v) is 8.01. The van der Waals surface area contributed by atoms with Gasteiger partial charge in [-0.1, -0.05) is 27.7 Å². The molecule has 0 aliphatic heterocycles. The van der Waals surface area contributed by atoms with Crippen molar-refractivity contribution in [3.8, 4) is 0 Å². The van der Waals surface area contributed by atoms with E-state index >= 15 is 0 Å². The average molecular weight is 290 g/mol. The molecule has 0 spiro atoms. The molecule has 0 bridgehead atoms. The number of rotatable bonds is 4. The van der Waals surface area contributed by atoms with Crippen molar-refractivity contribution in [1.82, 2.24) is 9.47 Å². The molecule has 1 aromatic heterocycles. The van der Waals surface area contributed by atoms with Crippen LogP contribution in [0.3, 0.4) is 0 Å². The van der Waals surface area contributed by atoms with Gasteiger partial charge in [0.25, 0.3) is 0 Å². The zero-order chi connectivity index (χ0) is 15.9. The van der Waals surface area contributed by atoms with Crippen LogP contribution in [0.5, 0.6) is 0 Å². The van der Waals surface area contributed by atoms with Crippen LogP contribution in [0.25, 0.3) is 0 Å². The van der Waals surface area contributed by atoms with Crippen LogP contribution in [0.2, 0.25) is 0 Å². The van der Waals surface area contributed by atoms with Crippen molar-refractivity contribution in [3.05, 3.63) is 23.0 Å². The number of fused-ring (bicyclic) bond motifs is 1. The summed E-state index contributed by atoms with van der Waals surface area (Å²) < 4.78 is 2.44. The molecule has 0 radical (unpaired) electrons. The highest BCUT2D eigenvalue weighted by Crippen LogP contribution is 2.38. The minimum absolute atomic E-state index is 0.0757. The summed E-state index contributed by atoms with van der Waals surface area (Å²) in [4.78, 5) is 14.7. The molecule has 1 aliphatic carbocycles. The van der Waals surface area contributed by atoms with E-state index in [1.807, 2.05) is 0 Å². The molecule has 0 saturated carbocycles. The zero-order valence-electron chi connectivity index (χ0n) is 14.7. The van der Waals surface area contributed by atoms with E-state index < -0.39 is 0 Å². The van der Waals surface area contributed by atoms with Crippen LogP contribution in [0.15, 0.2) is 6.07 Å². The van der Waals surface area contributed by atoms with Gasteiger partial charge < -0.3 is 9.47 Å². The monoisotopic (exact) mass is 290 g/mol. The van der Waals surface area contributed by atoms with E-state index in [1.165, 1.54) is 11.4 Å². The maximum absolute atomic E-state index is 12.5. The van der Waals surface area contributed by atoms with Crippen LogP contribution in [-0.2, 0) is 6.42 Å². The highest BCUT2D eigenvalue weighted by molar-refractivity contribution is 5.99. The van der Waals surface area contributed by atoms with E-state index in [1.54, 1.807) is 0 Å². The Balaban J connectivity index is 2.52. The first kappa shape index (κ1) is 16.3. The topological polar surface area (TPSA) is 25.2 Å². The average Bonchev–Trinajstić information content (AvgIpc) is 2.61. The fourth-order valence-electron chi connectivity index (χ4n) is 3.60. The van der Waals surface area contributed by atoms with Gasteiger partial charge in [0.05, 0.1) is 0 Å². The summed E-state index contributed by atoms with van der Waals surface area (Å²) in [6.45, 7) is 12.1. The fraction of sp³-hybridized carbons (Fsp3) is 0.722. The quantitative estimate of drug-likeness (QED) is 0.844. The first-order chi connectivity index (χ1) is 9.62. The summed E-state index contributed by atoms with van der Waals surface area (Å²) in [5.74, 6) is 0.859. The number of carbonyl (C=O) groups is 1. The van der Waals surface area contributed by atoms with E-state index in [4.69, 9.17) is 0 Å². The van der Waals surface area contributed by atoms with Gasteiger partial charge in [-0.25, -0.2) is 0 Å². The number of carbonyl (C=O) groups excluding carboxylic acids is 1. The number of hydrogen-bond acceptors (Lipinski definition) is 2. The van der Waals surface area contributed by atoms with Gasteiger partial charge in [-0.15, -0.1) is 0 Å². The fourth-order valence-corrected chi connectivity index (χ4v) is 3.60. The van der Waals surface area contributed by atoms with Gasteiger partial charge in [0.15, 0.2) is 5.78 Å². The lowest BCUT2D eigenvalue weighted by Gasteiger charge is -2.34. The number of likely N-dealkylation sites (N-methyl/N-ethyl adjacent to an activating group) is 1. The third kappa shape index (κ3) is 3.23. The molecular weight excluding hydrogens is 260 g/mol. The van der Waals surface area contributed by atoms with E-state index in [0.29, 0.717) is 24.2 Å². The van der Waals surface area contributed by atoms with Crippen molar-refractivity contribution in [2.24, 2.45) is 11.3 Å². The standard InChI is InChI=1S/C18H30N2O/c1-12(2)16(11-19(6)7)20-13(3)8-14-15(20)9-18(4,5)10-17(14)21/h8,12,16H,9-11H2,1-7H3. The summed E-state index contributed by atoms with van der Waals surface area (Å²) in [6.07, 6.45) is 1.67. The SMILES string of the molecule is Cc1cc2c(n1C(CN(C)C)C(C)C)CC(C)(C)CC2=O. The minimum atomic E-state index is 0.0757. The molecule has 0 amide bonds. The summed E-state index contributed by atoms with van der Waals surface area (Å²) in [5.41, 5.74) is 3.53. The van der Waals surface area contributed by atoms with Crippen molar-refractivity contribution in [1.29, 1.82) is 0 Å². The third-order valence-corrected chi connectivity index (χ3v) is 4.57. The number of nitrogens with zero attached hydrogens (tertiary/aromatic N) is 2. The van der Waals surface area contributed by atoms with Gasteiger partial charge in [0.1, 0.15) is 0 Å². The van der Waals surface area contributed by atoms with Gasteiger partial charge in [-0.3, -0.25) is 4.79 Å². The van der Waals surface area contributed by atoms with Crippen LogP contribution in [0, 0.1) is 18.3 Å². The number of ketones is 1. The Morgan fingerprint density at radius 3 is 2.43 bits per heavy atom. The van der Waals surface area contributed by atoms with Gasteiger partial charge in [0, 0.05) is 36.0 Å². The molecule has 1 heterocycles. The molecule has 1 atom stereocenters. The first-order valence-electron chi connectivity index (χ1n) is 8.01. The zero-order valence-corrected chi connectivity index (χ0v) is 14.7. The highest BCUT2D eigenvalue weighted by atomic mass is 16.1. The molecule has 0 aromatic carbocycles. The smallest absolute Gasteiger partial charge is 0.165 e. The normalized spacial score (nSPS) is 19.2. The van der Waals surface area contributed by atoms with E-state index in [-0.39, 0.29) is 5.41 Å². The van der Waals surface area contributed by atoms with Crippen molar-refractivity contribution in [2.45, 2.75) is 53.5 Å². The maximum atomic E-state index is 12.5. The number of Topliss-reactive ketones (excluding diaryl/α,β-unsaturated/α-hetero) is 1. The Bertz CT molecular complexity index is 538. The van der Waals surface area contributed by atoms with E-state index in [2.05, 4.69) is 64.2 Å². The van der Waals surface area contributed by atoms with Gasteiger partial charge in [-0.2, -0.15) is 0 Å². The van der Waals surface area contributed by atoms with Crippen LogP contribution in [0.1, 0.15) is 61.9 Å². The largest absolute Gasteiger partial charge is 0.344 e. The Hall–Kier alpha value is -1.09. The molecule has 3 heteroatoms. The van der Waals surface area contributed by atoms with Crippen molar-refractivity contribution < 1.29 is 4.79 Å². The second-order valence-corrected chi connectivity index (χ2v) is 8.03. The predicted molar refractivity (Wildman–Crippen MR) is 88.0 cm³/mol. The minimum Gasteiger partial charge on any atom is -0.344 e. The van der Waals surface area contributed by atoms with Gasteiger partial charge in [0.2, 0.25) is 0 Å². The number of hydrogen-bond donors (Lipinski definition) is 0. The van der Waals surface area contributed by atoms with Crippen LogP contribution < -0.4 is 0 Å². The lowest BCUT2D eigenvalue weighted by molar-refractivity contribution is 0.0908. The Kier molecular flexibility index (Phi) is 4.34. The van der Waals surface area contributed by atoms with Crippen molar-refractivity contribution >= 4 is 5.78 Å². The summed E-state index contributed by atoms with van der Waals surface area (Å²) >= 11 is 0. The van der Waals surface area contributed by atoms with Crippen molar-refractivity contribution in [2.75, 3.05) is 20.6 Å². The summed E-state index contributed by atoms with van der Waals surface area (Å²) in [6, 6.07) is 2.53. The van der Waals surface area contributed by atoms with E-state index in [9.17, 15) is 4.79 Å². The molecule has 118 valence electrons. The molecule has 21 heavy (non-hydrogen) atoms. The summed E-state index contributed by atoms with van der Waals surface area (Å²) in [5, 5.41) is 0. The van der Waals surface area contributed by atoms with E-state index in [0.717, 1.165) is 18.5 Å². The van der Waals surface area contributed by atoms with Gasteiger partial charge >= 0.3 is 0 Å².